The Bertz CT molecular complexity index is 5080. The third-order valence-electron chi connectivity index (χ3n) is 12.7. The molecule has 572 valence electrons. The van der Waals surface area contributed by atoms with Gasteiger partial charge in [0.1, 0.15) is 11.6 Å². The number of nitrogen functional groups attached to an aromatic ring is 3. The summed E-state index contributed by atoms with van der Waals surface area (Å²) in [6, 6.07) is 18.9. The van der Waals surface area contributed by atoms with Crippen molar-refractivity contribution in [1.82, 2.24) is 121 Å². The fourth-order valence-electron chi connectivity index (χ4n) is 7.98. The van der Waals surface area contributed by atoms with Crippen LogP contribution in [0.25, 0.3) is 32.1 Å². The number of hydrogen-bond donors (Lipinski definition) is 4. The van der Waals surface area contributed by atoms with Crippen LogP contribution in [0.5, 0.6) is 0 Å². The Morgan fingerprint density at radius 3 is 1.15 bits per heavy atom. The largest absolute Gasteiger partial charge is 0.471 e. The molecule has 0 atom stereocenters. The SMILES string of the molecule is Cc1cnnc(Cl)c1.Cc1cnnc(N(Cc2ccc(-c3noc(C(F)(F)F)n3)s2)c2cnccn2)c1.Cc1cnnc(Nc2cnccn2)c1.FC(F)(F)c1nc(-c2ccc(CBr)s2)no1.Nc1cnccn1.Nc1cnnc(Cl)c1.Nc1cnnc(N(Cc2ccc(-c3noc(C(F)(F)F)n3)s2)c2cnccn2)c1. The Hall–Kier alpha value is -12.5. The molecule has 15 heterocycles. The van der Waals surface area contributed by atoms with Gasteiger partial charge in [0.25, 0.3) is 0 Å². The van der Waals surface area contributed by atoms with Crippen LogP contribution in [-0.4, -0.2) is 121 Å². The lowest BCUT2D eigenvalue weighted by Gasteiger charge is -2.21. The van der Waals surface area contributed by atoms with Gasteiger partial charge in [0, 0.05) is 81.7 Å². The normalized spacial score (nSPS) is 10.9. The van der Waals surface area contributed by atoms with Gasteiger partial charge in [0.15, 0.2) is 39.4 Å². The van der Waals surface area contributed by atoms with Gasteiger partial charge in [-0.1, -0.05) is 54.6 Å². The quantitative estimate of drug-likeness (QED) is 0.0580. The second kappa shape index (κ2) is 39.5. The minimum absolute atomic E-state index is 0.0375. The average molecular weight is 1690 g/mol. The highest BCUT2D eigenvalue weighted by atomic mass is 79.9. The summed E-state index contributed by atoms with van der Waals surface area (Å²) >= 11 is 17.9. The minimum Gasteiger partial charge on any atom is -0.397 e. The molecule has 15 rings (SSSR count). The highest BCUT2D eigenvalue weighted by Gasteiger charge is 2.40. The van der Waals surface area contributed by atoms with Crippen molar-refractivity contribution in [3.05, 3.63) is 231 Å². The molecule has 0 radical (unpaired) electrons. The molecule has 0 amide bonds. The average Bonchev–Trinajstić information content (AvgIpc) is 1.74. The summed E-state index contributed by atoms with van der Waals surface area (Å²) in [6.45, 7) is 6.42. The Kier molecular flexibility index (Phi) is 29.4. The Morgan fingerprint density at radius 1 is 0.414 bits per heavy atom. The van der Waals surface area contributed by atoms with Crippen molar-refractivity contribution in [2.45, 2.75) is 57.7 Å². The molecule has 0 aliphatic heterocycles. The number of thiophene rings is 3. The standard InChI is InChI=1S/C17H12F3N7OS.C16H11F3N8OS.C9H9N5.C8H4BrF3N2OS.C5H5ClN2.C4H4ClN3.C4H5N3/c1-10-6-13(25-23-7-10)27(14-8-21-4-5-22-14)9-11-2-3-12(29-11)15-24-16(28-26-15)17(18,19)20;17-16(18,19)15-24-14(26-28-15)11-2-1-10(29-11)8-27(13-7-21-3-4-22-13)12-5-9(20)6-23-25-12;1-7-4-8(14-12-5-7)13-9-6-10-2-3-11-9;9-3-4-1-2-5(16-4)6-13-7(15-14-6)8(10,11)12;1-4-2-5(6)8-7-3-4;5-4-1-3(6)2-7-8-4;5-4-3-6-1-2-7-4/h2-8H,9H2,1H3;1-7H,8H2,(H2,20,25);2-6H,1H3,(H,11,13,14);1-2H,3H2;2-3H,1H3;1-2H,(H2,6,8);1-3H,(H2,5,7). The van der Waals surface area contributed by atoms with E-state index >= 15 is 0 Å². The summed E-state index contributed by atoms with van der Waals surface area (Å²) in [7, 11) is 0. The van der Waals surface area contributed by atoms with E-state index in [2.05, 4.69) is 156 Å². The molecule has 0 unspecified atom stereocenters. The Labute approximate surface area is 649 Å². The summed E-state index contributed by atoms with van der Waals surface area (Å²) in [5, 5.41) is 52.4. The number of nitrogens with one attached hydrogen (secondary N) is 1. The predicted octanol–water partition coefficient (Wildman–Crippen LogP) is 14.6. The van der Waals surface area contributed by atoms with E-state index < -0.39 is 36.2 Å². The van der Waals surface area contributed by atoms with Crippen molar-refractivity contribution >= 4 is 125 Å². The third kappa shape index (κ3) is 26.4. The maximum Gasteiger partial charge on any atom is 0.471 e. The van der Waals surface area contributed by atoms with E-state index in [0.29, 0.717) is 95.5 Å². The molecule has 15 aromatic heterocycles. The number of rotatable bonds is 14. The van der Waals surface area contributed by atoms with Gasteiger partial charge in [0.2, 0.25) is 17.5 Å². The number of halogens is 12. The molecular formula is C63H50BrCl2F9N30O3S3. The number of aromatic nitrogens is 24. The molecule has 0 aliphatic rings. The zero-order valence-electron chi connectivity index (χ0n) is 56.6. The van der Waals surface area contributed by atoms with E-state index in [4.69, 9.17) is 40.4 Å². The Morgan fingerprint density at radius 2 is 0.811 bits per heavy atom. The van der Waals surface area contributed by atoms with Gasteiger partial charge >= 0.3 is 36.2 Å². The van der Waals surface area contributed by atoms with Gasteiger partial charge in [-0.05, 0) is 92.1 Å². The van der Waals surface area contributed by atoms with Crippen molar-refractivity contribution in [2.75, 3.05) is 32.3 Å². The lowest BCUT2D eigenvalue weighted by atomic mass is 10.3. The number of anilines is 9. The van der Waals surface area contributed by atoms with Gasteiger partial charge in [-0.2, -0.15) is 80.0 Å². The van der Waals surface area contributed by atoms with Crippen LogP contribution >= 0.6 is 73.1 Å². The maximum atomic E-state index is 12.7. The fraction of sp³-hybridized carbons (Fsp3) is 0.143. The van der Waals surface area contributed by atoms with Crippen molar-refractivity contribution in [1.29, 1.82) is 0 Å². The number of nitrogens with zero attached hydrogens (tertiary/aromatic N) is 26. The molecule has 48 heteroatoms. The first-order chi connectivity index (χ1) is 53.1. The summed E-state index contributed by atoms with van der Waals surface area (Å²) < 4.78 is 125. The van der Waals surface area contributed by atoms with E-state index in [-0.39, 0.29) is 17.5 Å². The molecule has 0 saturated carbocycles. The summed E-state index contributed by atoms with van der Waals surface area (Å²) in [6.07, 6.45) is 12.7. The molecule has 7 N–H and O–H groups in total. The zero-order chi connectivity index (χ0) is 79.5. The van der Waals surface area contributed by atoms with Crippen molar-refractivity contribution in [3.63, 3.8) is 0 Å². The number of aryl methyl sites for hydroxylation is 3. The first-order valence-electron chi connectivity index (χ1n) is 30.6. The maximum absolute atomic E-state index is 12.7. The van der Waals surface area contributed by atoms with Gasteiger partial charge < -0.3 is 45.9 Å². The predicted molar refractivity (Wildman–Crippen MR) is 391 cm³/mol. The third-order valence-corrected chi connectivity index (χ3v) is 17.2. The van der Waals surface area contributed by atoms with Crippen molar-refractivity contribution < 1.29 is 53.1 Å². The minimum atomic E-state index is -4.69. The van der Waals surface area contributed by atoms with Crippen molar-refractivity contribution in [3.8, 4) is 32.1 Å². The monoisotopic (exact) mass is 1690 g/mol. The Balaban J connectivity index is 0.000000159. The summed E-state index contributed by atoms with van der Waals surface area (Å²) in [5.74, 6) is -0.516. The van der Waals surface area contributed by atoms with E-state index in [1.54, 1.807) is 133 Å². The fourth-order valence-corrected chi connectivity index (χ4v) is 11.5. The van der Waals surface area contributed by atoms with Crippen LogP contribution in [0.1, 0.15) is 49.0 Å². The van der Waals surface area contributed by atoms with Gasteiger partial charge in [-0.25, -0.2) is 19.9 Å². The molecule has 111 heavy (non-hydrogen) atoms. The van der Waals surface area contributed by atoms with E-state index in [0.717, 1.165) is 31.3 Å². The van der Waals surface area contributed by atoms with E-state index in [9.17, 15) is 39.5 Å². The van der Waals surface area contributed by atoms with Gasteiger partial charge in [0.05, 0.1) is 94.9 Å². The first-order valence-corrected chi connectivity index (χ1v) is 35.0. The highest BCUT2D eigenvalue weighted by Crippen LogP contribution is 2.37. The molecule has 0 bridgehead atoms. The van der Waals surface area contributed by atoms with Crippen molar-refractivity contribution in [2.24, 2.45) is 0 Å². The molecule has 33 nitrogen and oxygen atoms in total. The number of alkyl halides is 10. The van der Waals surface area contributed by atoms with Gasteiger partial charge in [-0.15, -0.1) is 59.5 Å². The van der Waals surface area contributed by atoms with Crippen LogP contribution in [0, 0.1) is 20.8 Å². The summed E-state index contributed by atoms with van der Waals surface area (Å²) in [4.78, 5) is 49.8. The van der Waals surface area contributed by atoms with Crippen LogP contribution in [0.4, 0.5) is 91.6 Å². The number of hydrogen-bond acceptors (Lipinski definition) is 36. The number of nitrogens with two attached hydrogens (primary N) is 3. The molecule has 0 aromatic carbocycles. The second-order valence-electron chi connectivity index (χ2n) is 21.3. The van der Waals surface area contributed by atoms with Crippen LogP contribution in [0.15, 0.2) is 186 Å². The second-order valence-corrected chi connectivity index (χ2v) is 26.1. The molecule has 15 aromatic rings. The molecule has 0 spiro atoms. The molecule has 0 saturated heterocycles. The summed E-state index contributed by atoms with van der Waals surface area (Å²) in [5.41, 5.74) is 20.2. The smallest absolute Gasteiger partial charge is 0.397 e. The molecular weight excluding hydrogens is 1640 g/mol. The first kappa shape index (κ1) is 82.5. The van der Waals surface area contributed by atoms with Gasteiger partial charge in [-0.3, -0.25) is 19.9 Å². The lowest BCUT2D eigenvalue weighted by Crippen LogP contribution is -2.19. The molecule has 0 aliphatic carbocycles. The lowest BCUT2D eigenvalue weighted by molar-refractivity contribution is -0.160. The topological polar surface area (TPSA) is 445 Å². The van der Waals surface area contributed by atoms with Crippen LogP contribution in [0.2, 0.25) is 10.3 Å². The zero-order valence-corrected chi connectivity index (χ0v) is 62.2. The highest BCUT2D eigenvalue weighted by molar-refractivity contribution is 9.08. The molecule has 0 fully saturated rings. The van der Waals surface area contributed by atoms with E-state index in [1.807, 2.05) is 32.9 Å². The van der Waals surface area contributed by atoms with Crippen LogP contribution in [-0.2, 0) is 36.9 Å². The van der Waals surface area contributed by atoms with Crippen LogP contribution < -0.4 is 32.3 Å². The van der Waals surface area contributed by atoms with E-state index in [1.165, 1.54) is 71.1 Å². The van der Waals surface area contributed by atoms with Crippen LogP contribution in [0.3, 0.4) is 0 Å².